The maximum Gasteiger partial charge on any atom is 0.522 e. The number of alkyl halides is 3. The average Bonchev–Trinajstić information content (AvgIpc) is 2.12. The highest BCUT2D eigenvalue weighted by Crippen LogP contribution is 2.20. The summed E-state index contributed by atoms with van der Waals surface area (Å²) in [7, 11) is -5.84. The van der Waals surface area contributed by atoms with Crippen molar-refractivity contribution in [3.8, 4) is 0 Å². The van der Waals surface area contributed by atoms with Gasteiger partial charge in [-0.25, -0.2) is 0 Å². The van der Waals surface area contributed by atoms with E-state index in [0.717, 1.165) is 0 Å². The Hall–Kier alpha value is -1.12. The van der Waals surface area contributed by atoms with Gasteiger partial charge in [0.2, 0.25) is 0 Å². The molecule has 0 fully saturated rings. The molecule has 0 aliphatic carbocycles. The maximum atomic E-state index is 10.7. The molecule has 1 rings (SSSR count). The lowest BCUT2D eigenvalue weighted by Gasteiger charge is -2.00. The summed E-state index contributed by atoms with van der Waals surface area (Å²) in [5.74, 6) is 0. The van der Waals surface area contributed by atoms with Crippen molar-refractivity contribution in [3.05, 3.63) is 34.9 Å². The SMILES string of the molecule is Cc1cccc(C)c1C.N.O=S(=O)(O)C(F)(F)F. The topological polar surface area (TPSA) is 89.4 Å². The molecule has 0 saturated heterocycles. The number of hydrogen-bond acceptors (Lipinski definition) is 3. The van der Waals surface area contributed by atoms with E-state index in [2.05, 4.69) is 39.0 Å². The van der Waals surface area contributed by atoms with Gasteiger partial charge < -0.3 is 6.15 Å². The van der Waals surface area contributed by atoms with Gasteiger partial charge in [-0.05, 0) is 37.5 Å². The van der Waals surface area contributed by atoms with E-state index >= 15 is 0 Å². The van der Waals surface area contributed by atoms with E-state index in [1.807, 2.05) is 0 Å². The lowest BCUT2D eigenvalue weighted by Crippen LogP contribution is -2.21. The summed E-state index contributed by atoms with van der Waals surface area (Å²) in [6.45, 7) is 6.44. The van der Waals surface area contributed by atoms with Crippen LogP contribution in [0.3, 0.4) is 0 Å². The van der Waals surface area contributed by atoms with E-state index in [1.165, 1.54) is 16.7 Å². The minimum atomic E-state index is -5.84. The molecule has 0 bridgehead atoms. The van der Waals surface area contributed by atoms with Crippen LogP contribution < -0.4 is 6.15 Å². The Morgan fingerprint density at radius 3 is 1.50 bits per heavy atom. The first-order chi connectivity index (χ1) is 7.47. The molecule has 0 aliphatic rings. The van der Waals surface area contributed by atoms with Crippen LogP contribution in [0.4, 0.5) is 13.2 Å². The van der Waals surface area contributed by atoms with E-state index in [9.17, 15) is 13.2 Å². The highest BCUT2D eigenvalue weighted by Gasteiger charge is 2.44. The van der Waals surface area contributed by atoms with Crippen molar-refractivity contribution in [1.29, 1.82) is 0 Å². The minimum absolute atomic E-state index is 0. The van der Waals surface area contributed by atoms with Crippen molar-refractivity contribution >= 4 is 10.1 Å². The fraction of sp³-hybridized carbons (Fsp3) is 0.400. The largest absolute Gasteiger partial charge is 0.522 e. The van der Waals surface area contributed by atoms with Gasteiger partial charge in [-0.15, -0.1) is 0 Å². The third-order valence-electron chi connectivity index (χ3n) is 2.17. The van der Waals surface area contributed by atoms with Gasteiger partial charge in [0, 0.05) is 0 Å². The minimum Gasteiger partial charge on any atom is -0.344 e. The summed E-state index contributed by atoms with van der Waals surface area (Å²) in [6.07, 6.45) is 0. The number of hydrogen-bond donors (Lipinski definition) is 2. The molecule has 1 aromatic rings. The fourth-order valence-electron chi connectivity index (χ4n) is 0.898. The molecule has 106 valence electrons. The Balaban J connectivity index is 0. The Bertz CT molecular complexity index is 463. The lowest BCUT2D eigenvalue weighted by molar-refractivity contribution is -0.0510. The number of halogens is 3. The second-order valence-corrected chi connectivity index (χ2v) is 4.85. The molecule has 0 heterocycles. The molecule has 4 N–H and O–H groups in total. The quantitative estimate of drug-likeness (QED) is 0.566. The summed E-state index contributed by atoms with van der Waals surface area (Å²) >= 11 is 0. The summed E-state index contributed by atoms with van der Waals surface area (Å²) in [5.41, 5.74) is -1.35. The molecule has 0 atom stereocenters. The number of aryl methyl sites for hydroxylation is 2. The summed E-state index contributed by atoms with van der Waals surface area (Å²) in [5, 5.41) is 0. The normalized spacial score (nSPS) is 11.1. The number of rotatable bonds is 0. The first kappa shape index (κ1) is 19.2. The Morgan fingerprint density at radius 1 is 1.06 bits per heavy atom. The average molecular weight is 287 g/mol. The van der Waals surface area contributed by atoms with Crippen LogP contribution in [0.1, 0.15) is 16.7 Å². The van der Waals surface area contributed by atoms with Crippen molar-refractivity contribution in [2.45, 2.75) is 26.3 Å². The molecule has 0 unspecified atom stereocenters. The van der Waals surface area contributed by atoms with Crippen molar-refractivity contribution in [2.75, 3.05) is 0 Å². The van der Waals surface area contributed by atoms with Gasteiger partial charge in [0.25, 0.3) is 0 Å². The van der Waals surface area contributed by atoms with Crippen LogP contribution in [0.5, 0.6) is 0 Å². The molecule has 1 aromatic carbocycles. The highest BCUT2D eigenvalue weighted by atomic mass is 32.2. The smallest absolute Gasteiger partial charge is 0.344 e. The van der Waals surface area contributed by atoms with Crippen molar-refractivity contribution in [1.82, 2.24) is 6.15 Å². The number of benzene rings is 1. The molecule has 0 spiro atoms. The van der Waals surface area contributed by atoms with E-state index < -0.39 is 15.6 Å². The lowest BCUT2D eigenvalue weighted by atomic mass is 10.1. The van der Waals surface area contributed by atoms with Gasteiger partial charge in [0.15, 0.2) is 0 Å². The zero-order valence-electron chi connectivity index (χ0n) is 10.2. The first-order valence-corrected chi connectivity index (χ1v) is 5.97. The van der Waals surface area contributed by atoms with Crippen molar-refractivity contribution < 1.29 is 26.1 Å². The zero-order valence-corrected chi connectivity index (χ0v) is 11.1. The van der Waals surface area contributed by atoms with Gasteiger partial charge in [-0.3, -0.25) is 4.55 Å². The Kier molecular flexibility index (Phi) is 7.17. The van der Waals surface area contributed by atoms with Gasteiger partial charge in [-0.2, -0.15) is 21.6 Å². The fourth-order valence-corrected chi connectivity index (χ4v) is 0.898. The van der Waals surface area contributed by atoms with Crippen LogP contribution in [-0.2, 0) is 10.1 Å². The second kappa shape index (κ2) is 6.72. The van der Waals surface area contributed by atoms with Gasteiger partial charge in [0.05, 0.1) is 0 Å². The molecule has 4 nitrogen and oxygen atoms in total. The third-order valence-corrected chi connectivity index (χ3v) is 2.75. The molecule has 0 aliphatic heterocycles. The van der Waals surface area contributed by atoms with Gasteiger partial charge in [-0.1, -0.05) is 18.2 Å². The van der Waals surface area contributed by atoms with Crippen LogP contribution >= 0.6 is 0 Å². The summed E-state index contributed by atoms with van der Waals surface area (Å²) in [4.78, 5) is 0. The van der Waals surface area contributed by atoms with E-state index in [1.54, 1.807) is 0 Å². The molecule has 0 aromatic heterocycles. The van der Waals surface area contributed by atoms with Crippen LogP contribution in [0, 0.1) is 20.8 Å². The van der Waals surface area contributed by atoms with E-state index in [0.29, 0.717) is 0 Å². The third kappa shape index (κ3) is 5.99. The standard InChI is InChI=1S/C9H12.CHF3O3S.H3N/c1-7-5-4-6-8(2)9(7)3;2-1(3,4)8(5,6)7;/h4-6H,1-3H3;(H,5,6,7);1H3. The molecular weight excluding hydrogens is 271 g/mol. The van der Waals surface area contributed by atoms with Crippen molar-refractivity contribution in [2.24, 2.45) is 0 Å². The van der Waals surface area contributed by atoms with E-state index in [-0.39, 0.29) is 6.15 Å². The Morgan fingerprint density at radius 2 is 1.33 bits per heavy atom. The van der Waals surface area contributed by atoms with Crippen LogP contribution in [0.15, 0.2) is 18.2 Å². The molecule has 0 amide bonds. The van der Waals surface area contributed by atoms with E-state index in [4.69, 9.17) is 13.0 Å². The molecule has 18 heavy (non-hydrogen) atoms. The highest BCUT2D eigenvalue weighted by molar-refractivity contribution is 7.86. The predicted octanol–water partition coefficient (Wildman–Crippen LogP) is 3.17. The second-order valence-electron chi connectivity index (χ2n) is 3.44. The summed E-state index contributed by atoms with van der Waals surface area (Å²) < 4.78 is 57.5. The zero-order chi connectivity index (χ0) is 13.9. The molecular formula is C10H16F3NO3S. The maximum absolute atomic E-state index is 10.7. The van der Waals surface area contributed by atoms with Crippen LogP contribution in [0.25, 0.3) is 0 Å². The van der Waals surface area contributed by atoms with Gasteiger partial charge in [0.1, 0.15) is 0 Å². The molecule has 0 radical (unpaired) electrons. The van der Waals surface area contributed by atoms with Crippen molar-refractivity contribution in [3.63, 3.8) is 0 Å². The Labute approximate surface area is 104 Å². The summed E-state index contributed by atoms with van der Waals surface area (Å²) in [6, 6.07) is 6.38. The predicted molar refractivity (Wildman–Crippen MR) is 63.3 cm³/mol. The monoisotopic (exact) mass is 287 g/mol. The molecule has 8 heteroatoms. The van der Waals surface area contributed by atoms with Gasteiger partial charge >= 0.3 is 15.6 Å². The van der Waals surface area contributed by atoms with Crippen LogP contribution in [-0.4, -0.2) is 18.5 Å². The first-order valence-electron chi connectivity index (χ1n) is 4.53. The van der Waals surface area contributed by atoms with Crippen LogP contribution in [0.2, 0.25) is 0 Å². The molecule has 0 saturated carbocycles.